The molecule has 0 amide bonds. The first-order valence-corrected chi connectivity index (χ1v) is 7.29. The zero-order valence-electron chi connectivity index (χ0n) is 13.7. The number of nitrogens with two attached hydrogens (primary N) is 2. The molecule has 2 aromatic carbocycles. The van der Waals surface area contributed by atoms with Crippen molar-refractivity contribution in [2.75, 3.05) is 6.54 Å². The number of halogens is 3. The van der Waals surface area contributed by atoms with Crippen LogP contribution in [-0.2, 0) is 13.0 Å². The third-order valence-electron chi connectivity index (χ3n) is 3.55. The van der Waals surface area contributed by atoms with Crippen molar-refractivity contribution in [1.82, 2.24) is 5.01 Å². The van der Waals surface area contributed by atoms with Crippen molar-refractivity contribution in [2.24, 2.45) is 11.6 Å². The molecular formula is C17H26Cl3N3O2. The van der Waals surface area contributed by atoms with E-state index in [1.54, 1.807) is 24.3 Å². The minimum Gasteiger partial charge on any atom is -0.508 e. The predicted octanol–water partition coefficient (Wildman–Crippen LogP) is 2.26. The molecule has 0 aromatic heterocycles. The molecule has 0 fully saturated rings. The van der Waals surface area contributed by atoms with Crippen LogP contribution in [0, 0.1) is 0 Å². The van der Waals surface area contributed by atoms with E-state index in [1.165, 1.54) is 5.01 Å². The second-order valence-corrected chi connectivity index (χ2v) is 5.52. The van der Waals surface area contributed by atoms with Gasteiger partial charge in [-0.1, -0.05) is 42.5 Å². The fourth-order valence-electron chi connectivity index (χ4n) is 2.30. The van der Waals surface area contributed by atoms with Gasteiger partial charge in [-0.3, -0.25) is 5.84 Å². The second kappa shape index (κ2) is 13.2. The van der Waals surface area contributed by atoms with E-state index in [2.05, 4.69) is 0 Å². The lowest BCUT2D eigenvalue weighted by Gasteiger charge is -2.24. The lowest BCUT2D eigenvalue weighted by atomic mass is 10.0. The number of phenols is 1. The molecule has 0 aliphatic rings. The molecule has 0 unspecified atom stereocenters. The highest BCUT2D eigenvalue weighted by atomic mass is 35.5. The Morgan fingerprint density at radius 3 is 2.00 bits per heavy atom. The van der Waals surface area contributed by atoms with Gasteiger partial charge in [0.05, 0.1) is 6.10 Å². The summed E-state index contributed by atoms with van der Waals surface area (Å²) in [4.78, 5) is 0. The minimum atomic E-state index is -0.706. The Morgan fingerprint density at radius 2 is 1.44 bits per heavy atom. The van der Waals surface area contributed by atoms with Gasteiger partial charge >= 0.3 is 0 Å². The Morgan fingerprint density at radius 1 is 0.880 bits per heavy atom. The van der Waals surface area contributed by atoms with Crippen LogP contribution >= 0.6 is 37.2 Å². The number of hydrazine groups is 1. The lowest BCUT2D eigenvalue weighted by Crippen LogP contribution is -2.46. The number of nitrogens with zero attached hydrogens (tertiary/aromatic N) is 1. The lowest BCUT2D eigenvalue weighted by molar-refractivity contribution is 0.0877. The van der Waals surface area contributed by atoms with Crippen molar-refractivity contribution in [3.05, 3.63) is 65.7 Å². The summed E-state index contributed by atoms with van der Waals surface area (Å²) < 4.78 is 0. The third kappa shape index (κ3) is 9.28. The maximum Gasteiger partial charge on any atom is 0.115 e. The first kappa shape index (κ1) is 26.2. The summed E-state index contributed by atoms with van der Waals surface area (Å²) in [6, 6.07) is 16.3. The Hall–Kier alpha value is -1.05. The summed E-state index contributed by atoms with van der Waals surface area (Å²) >= 11 is 0. The van der Waals surface area contributed by atoms with Crippen LogP contribution in [0.2, 0.25) is 0 Å². The molecule has 2 rings (SSSR count). The first-order valence-electron chi connectivity index (χ1n) is 7.29. The number of aliphatic hydroxyl groups is 1. The zero-order chi connectivity index (χ0) is 15.9. The minimum absolute atomic E-state index is 0. The highest BCUT2D eigenvalue weighted by molar-refractivity contribution is 5.86. The highest BCUT2D eigenvalue weighted by Gasteiger charge is 2.17. The molecule has 0 bridgehead atoms. The largest absolute Gasteiger partial charge is 0.508 e. The van der Waals surface area contributed by atoms with E-state index in [0.29, 0.717) is 13.0 Å². The Bertz CT molecular complexity index is 573. The number of phenolic OH excluding ortho intramolecular Hbond substituents is 1. The van der Waals surface area contributed by atoms with Gasteiger partial charge in [0.15, 0.2) is 0 Å². The Kier molecular flexibility index (Phi) is 13.8. The molecule has 0 spiro atoms. The number of hydrogen-bond acceptors (Lipinski definition) is 5. The van der Waals surface area contributed by atoms with Crippen molar-refractivity contribution in [2.45, 2.75) is 25.1 Å². The van der Waals surface area contributed by atoms with Gasteiger partial charge in [0.2, 0.25) is 0 Å². The monoisotopic (exact) mass is 409 g/mol. The topological polar surface area (TPSA) is 95.7 Å². The molecule has 142 valence electrons. The second-order valence-electron chi connectivity index (χ2n) is 5.52. The van der Waals surface area contributed by atoms with E-state index < -0.39 is 6.10 Å². The van der Waals surface area contributed by atoms with Crippen LogP contribution in [0.4, 0.5) is 0 Å². The van der Waals surface area contributed by atoms with E-state index in [1.807, 2.05) is 30.3 Å². The van der Waals surface area contributed by atoms with Crippen molar-refractivity contribution in [3.8, 4) is 5.75 Å². The van der Waals surface area contributed by atoms with Gasteiger partial charge in [-0.15, -0.1) is 37.2 Å². The summed E-state index contributed by atoms with van der Waals surface area (Å²) in [6.45, 7) is 0.768. The molecule has 0 radical (unpaired) electrons. The smallest absolute Gasteiger partial charge is 0.115 e. The highest BCUT2D eigenvalue weighted by Crippen LogP contribution is 2.11. The van der Waals surface area contributed by atoms with Gasteiger partial charge in [-0.2, -0.15) is 0 Å². The van der Waals surface area contributed by atoms with E-state index in [0.717, 1.165) is 11.1 Å². The summed E-state index contributed by atoms with van der Waals surface area (Å²) in [5.74, 6) is 6.15. The van der Waals surface area contributed by atoms with Crippen LogP contribution in [0.15, 0.2) is 54.6 Å². The fraction of sp³-hybridized carbons (Fsp3) is 0.294. The van der Waals surface area contributed by atoms with Gasteiger partial charge < -0.3 is 15.9 Å². The summed E-state index contributed by atoms with van der Waals surface area (Å²) in [7, 11) is 0. The average molecular weight is 411 g/mol. The van der Waals surface area contributed by atoms with Gasteiger partial charge in [0.1, 0.15) is 5.75 Å². The number of hydrogen-bond donors (Lipinski definition) is 4. The van der Waals surface area contributed by atoms with Gasteiger partial charge in [-0.25, -0.2) is 5.01 Å². The molecule has 0 aliphatic carbocycles. The fourth-order valence-corrected chi connectivity index (χ4v) is 2.30. The average Bonchev–Trinajstić information content (AvgIpc) is 2.50. The summed E-state index contributed by atoms with van der Waals surface area (Å²) in [6.07, 6.45) is -0.1000. The van der Waals surface area contributed by atoms with E-state index in [4.69, 9.17) is 11.6 Å². The van der Waals surface area contributed by atoms with E-state index in [-0.39, 0.29) is 55.6 Å². The molecule has 8 heteroatoms. The molecule has 0 saturated heterocycles. The molecular weight excluding hydrogens is 385 g/mol. The normalized spacial score (nSPS) is 12.3. The standard InChI is InChI=1S/C17H23N3O2.3ClH/c18-16(10-13-4-2-1-3-5-13)17(22)12-20(19)11-14-6-8-15(21)9-7-14;;;/h1-9,16-17,21-22H,10-12,18-19H2;3*1H/t16-,17-;;;/m0.../s1. The summed E-state index contributed by atoms with van der Waals surface area (Å²) in [5.41, 5.74) is 8.10. The maximum absolute atomic E-state index is 10.2. The van der Waals surface area contributed by atoms with Crippen LogP contribution in [0.1, 0.15) is 11.1 Å². The van der Waals surface area contributed by atoms with Crippen molar-refractivity contribution >= 4 is 37.2 Å². The van der Waals surface area contributed by atoms with E-state index >= 15 is 0 Å². The van der Waals surface area contributed by atoms with Crippen LogP contribution in [0.3, 0.4) is 0 Å². The molecule has 0 saturated carbocycles. The number of benzene rings is 2. The number of aromatic hydroxyl groups is 1. The van der Waals surface area contributed by atoms with Crippen molar-refractivity contribution < 1.29 is 10.2 Å². The first-order chi connectivity index (χ1) is 10.5. The van der Waals surface area contributed by atoms with Crippen LogP contribution < -0.4 is 11.6 Å². The van der Waals surface area contributed by atoms with Crippen LogP contribution in [0.5, 0.6) is 5.75 Å². The van der Waals surface area contributed by atoms with Crippen molar-refractivity contribution in [3.63, 3.8) is 0 Å². The molecule has 6 N–H and O–H groups in total. The molecule has 5 nitrogen and oxygen atoms in total. The van der Waals surface area contributed by atoms with Crippen LogP contribution in [-0.4, -0.2) is 33.9 Å². The van der Waals surface area contributed by atoms with E-state index in [9.17, 15) is 10.2 Å². The third-order valence-corrected chi connectivity index (χ3v) is 3.55. The Balaban J connectivity index is 0. The molecule has 25 heavy (non-hydrogen) atoms. The number of aliphatic hydroxyl groups excluding tert-OH is 1. The van der Waals surface area contributed by atoms with Crippen molar-refractivity contribution in [1.29, 1.82) is 0 Å². The molecule has 0 aliphatic heterocycles. The quantitative estimate of drug-likeness (QED) is 0.415. The maximum atomic E-state index is 10.2. The predicted molar refractivity (Wildman–Crippen MR) is 109 cm³/mol. The molecule has 0 heterocycles. The summed E-state index contributed by atoms with van der Waals surface area (Å²) in [5, 5.41) is 21.0. The van der Waals surface area contributed by atoms with Gasteiger partial charge in [-0.05, 0) is 29.7 Å². The molecule has 2 atom stereocenters. The van der Waals surface area contributed by atoms with Gasteiger partial charge in [0.25, 0.3) is 0 Å². The Labute approximate surface area is 167 Å². The number of rotatable bonds is 7. The van der Waals surface area contributed by atoms with Gasteiger partial charge in [0, 0.05) is 19.1 Å². The SMILES string of the molecule is Cl.Cl.Cl.N[C@@H](Cc1ccccc1)[C@@H](O)CN(N)Cc1ccc(O)cc1. The molecule has 2 aromatic rings. The zero-order valence-corrected chi connectivity index (χ0v) is 16.1. The van der Waals surface area contributed by atoms with Crippen LogP contribution in [0.25, 0.3) is 0 Å².